The van der Waals surface area contributed by atoms with Gasteiger partial charge in [0.05, 0.1) is 12.2 Å². The van der Waals surface area contributed by atoms with Crippen molar-refractivity contribution < 1.29 is 19.4 Å². The van der Waals surface area contributed by atoms with Crippen LogP contribution in [0.3, 0.4) is 0 Å². The number of amides is 1. The van der Waals surface area contributed by atoms with Crippen LogP contribution >= 0.6 is 0 Å². The normalized spacial score (nSPS) is 15.8. The third kappa shape index (κ3) is 4.19. The highest BCUT2D eigenvalue weighted by atomic mass is 16.6. The van der Waals surface area contributed by atoms with Crippen molar-refractivity contribution in [3.8, 4) is 0 Å². The summed E-state index contributed by atoms with van der Waals surface area (Å²) in [4.78, 5) is 26.5. The van der Waals surface area contributed by atoms with E-state index in [1.54, 1.807) is 30.0 Å². The van der Waals surface area contributed by atoms with Gasteiger partial charge in [-0.3, -0.25) is 4.90 Å². The Hall–Kier alpha value is -2.08. The number of aromatic carboxylic acids is 1. The number of rotatable bonds is 4. The summed E-state index contributed by atoms with van der Waals surface area (Å²) in [6, 6.07) is 6.96. The molecule has 1 amide bonds. The van der Waals surface area contributed by atoms with E-state index in [4.69, 9.17) is 9.84 Å². The minimum Gasteiger partial charge on any atom is -0.478 e. The number of nitrogens with zero attached hydrogens (tertiary/aromatic N) is 2. The number of carbonyl (C=O) groups excluding carboxylic acids is 1. The van der Waals surface area contributed by atoms with Crippen LogP contribution in [0.25, 0.3) is 0 Å². The fourth-order valence-electron chi connectivity index (χ4n) is 2.36. The second-order valence-electron chi connectivity index (χ2n) is 4.97. The molecule has 1 aliphatic rings. The molecule has 6 nitrogen and oxygen atoms in total. The van der Waals surface area contributed by atoms with Gasteiger partial charge in [0.1, 0.15) is 0 Å². The minimum atomic E-state index is -0.913. The van der Waals surface area contributed by atoms with E-state index in [0.29, 0.717) is 31.8 Å². The molecule has 0 aromatic heterocycles. The molecule has 21 heavy (non-hydrogen) atoms. The van der Waals surface area contributed by atoms with Gasteiger partial charge in [-0.25, -0.2) is 9.59 Å². The van der Waals surface area contributed by atoms with Crippen molar-refractivity contribution in [2.45, 2.75) is 13.5 Å². The molecule has 0 atom stereocenters. The fourth-order valence-corrected chi connectivity index (χ4v) is 2.36. The molecule has 0 spiro atoms. The van der Waals surface area contributed by atoms with Crippen molar-refractivity contribution in [2.24, 2.45) is 0 Å². The van der Waals surface area contributed by atoms with Crippen LogP contribution in [0.5, 0.6) is 0 Å². The molecular formula is C15H20N2O4. The molecule has 114 valence electrons. The molecule has 6 heteroatoms. The first-order chi connectivity index (χ1) is 10.1. The summed E-state index contributed by atoms with van der Waals surface area (Å²) < 4.78 is 4.98. The number of benzene rings is 1. The summed E-state index contributed by atoms with van der Waals surface area (Å²) >= 11 is 0. The monoisotopic (exact) mass is 292 g/mol. The maximum Gasteiger partial charge on any atom is 0.409 e. The van der Waals surface area contributed by atoms with Gasteiger partial charge in [0.2, 0.25) is 0 Å². The molecule has 0 unspecified atom stereocenters. The summed E-state index contributed by atoms with van der Waals surface area (Å²) in [5.41, 5.74) is 1.28. The molecule has 0 aliphatic carbocycles. The van der Waals surface area contributed by atoms with Gasteiger partial charge in [-0.05, 0) is 24.6 Å². The van der Waals surface area contributed by atoms with Crippen LogP contribution in [0, 0.1) is 0 Å². The highest BCUT2D eigenvalue weighted by molar-refractivity contribution is 5.87. The first-order valence-corrected chi connectivity index (χ1v) is 7.06. The smallest absolute Gasteiger partial charge is 0.409 e. The first-order valence-electron chi connectivity index (χ1n) is 7.06. The average Bonchev–Trinajstić information content (AvgIpc) is 2.48. The minimum absolute atomic E-state index is 0.259. The highest BCUT2D eigenvalue weighted by Crippen LogP contribution is 2.11. The molecule has 1 saturated heterocycles. The summed E-state index contributed by atoms with van der Waals surface area (Å²) in [6.45, 7) is 5.67. The molecule has 0 saturated carbocycles. The van der Waals surface area contributed by atoms with Gasteiger partial charge in [0.15, 0.2) is 0 Å². The Bertz CT molecular complexity index is 510. The van der Waals surface area contributed by atoms with Gasteiger partial charge in [0.25, 0.3) is 0 Å². The third-order valence-electron chi connectivity index (χ3n) is 3.48. The van der Waals surface area contributed by atoms with Crippen LogP contribution in [0.1, 0.15) is 22.8 Å². The summed E-state index contributed by atoms with van der Waals surface area (Å²) in [5, 5.41) is 8.99. The second-order valence-corrected chi connectivity index (χ2v) is 4.97. The summed E-state index contributed by atoms with van der Waals surface area (Å²) in [5.74, 6) is -0.913. The van der Waals surface area contributed by atoms with Crippen LogP contribution < -0.4 is 0 Å². The van der Waals surface area contributed by atoms with Gasteiger partial charge in [-0.15, -0.1) is 0 Å². The zero-order chi connectivity index (χ0) is 15.2. The largest absolute Gasteiger partial charge is 0.478 e. The SMILES string of the molecule is CCOC(=O)N1CCN(Cc2cccc(C(=O)O)c2)CC1. The fraction of sp³-hybridized carbons (Fsp3) is 0.467. The Labute approximate surface area is 123 Å². The van der Waals surface area contributed by atoms with Crippen LogP contribution in [-0.4, -0.2) is 59.8 Å². The summed E-state index contributed by atoms with van der Waals surface area (Å²) in [6.07, 6.45) is -0.259. The van der Waals surface area contributed by atoms with E-state index in [1.807, 2.05) is 6.07 Å². The van der Waals surface area contributed by atoms with E-state index >= 15 is 0 Å². The maximum absolute atomic E-state index is 11.6. The maximum atomic E-state index is 11.6. The van der Waals surface area contributed by atoms with Crippen molar-refractivity contribution in [1.82, 2.24) is 9.80 Å². The van der Waals surface area contributed by atoms with E-state index in [-0.39, 0.29) is 6.09 Å². The van der Waals surface area contributed by atoms with Crippen molar-refractivity contribution >= 4 is 12.1 Å². The number of carboxylic acid groups (broad SMARTS) is 1. The topological polar surface area (TPSA) is 70.1 Å². The van der Waals surface area contributed by atoms with Gasteiger partial charge in [0, 0.05) is 32.7 Å². The lowest BCUT2D eigenvalue weighted by Gasteiger charge is -2.34. The number of hydrogen-bond donors (Lipinski definition) is 1. The van der Waals surface area contributed by atoms with Crippen molar-refractivity contribution in [1.29, 1.82) is 0 Å². The lowest BCUT2D eigenvalue weighted by Crippen LogP contribution is -2.48. The molecule has 1 aromatic carbocycles. The zero-order valence-corrected chi connectivity index (χ0v) is 12.1. The number of carboxylic acids is 1. The predicted octanol–water partition coefficient (Wildman–Crippen LogP) is 1.66. The van der Waals surface area contributed by atoms with Crippen molar-refractivity contribution in [3.05, 3.63) is 35.4 Å². The zero-order valence-electron chi connectivity index (χ0n) is 12.1. The Morgan fingerprint density at radius 2 is 1.95 bits per heavy atom. The van der Waals surface area contributed by atoms with E-state index in [1.165, 1.54) is 0 Å². The van der Waals surface area contributed by atoms with Gasteiger partial charge in [-0.1, -0.05) is 12.1 Å². The van der Waals surface area contributed by atoms with E-state index in [9.17, 15) is 9.59 Å². The third-order valence-corrected chi connectivity index (χ3v) is 3.48. The highest BCUT2D eigenvalue weighted by Gasteiger charge is 2.21. The Morgan fingerprint density at radius 1 is 1.24 bits per heavy atom. The van der Waals surface area contributed by atoms with E-state index < -0.39 is 5.97 Å². The number of hydrogen-bond acceptors (Lipinski definition) is 4. The van der Waals surface area contributed by atoms with E-state index in [2.05, 4.69) is 4.90 Å². The van der Waals surface area contributed by atoms with Gasteiger partial charge >= 0.3 is 12.1 Å². The Kier molecular flexibility index (Phi) is 5.16. The summed E-state index contributed by atoms with van der Waals surface area (Å²) in [7, 11) is 0. The number of piperazine rings is 1. The first kappa shape index (κ1) is 15.3. The Balaban J connectivity index is 1.87. The van der Waals surface area contributed by atoms with Gasteiger partial charge in [-0.2, -0.15) is 0 Å². The molecule has 1 heterocycles. The number of carbonyl (C=O) groups is 2. The average molecular weight is 292 g/mol. The van der Waals surface area contributed by atoms with Crippen molar-refractivity contribution in [2.75, 3.05) is 32.8 Å². The van der Waals surface area contributed by atoms with Crippen LogP contribution in [-0.2, 0) is 11.3 Å². The lowest BCUT2D eigenvalue weighted by atomic mass is 10.1. The molecule has 1 N–H and O–H groups in total. The standard InChI is InChI=1S/C15H20N2O4/c1-2-21-15(20)17-8-6-16(7-9-17)11-12-4-3-5-13(10-12)14(18)19/h3-5,10H,2,6-9,11H2,1H3,(H,18,19). The Morgan fingerprint density at radius 3 is 2.57 bits per heavy atom. The molecule has 0 bridgehead atoms. The van der Waals surface area contributed by atoms with Crippen LogP contribution in [0.2, 0.25) is 0 Å². The number of ether oxygens (including phenoxy) is 1. The van der Waals surface area contributed by atoms with Crippen LogP contribution in [0.15, 0.2) is 24.3 Å². The van der Waals surface area contributed by atoms with E-state index in [0.717, 1.165) is 18.7 Å². The molecule has 0 radical (unpaired) electrons. The second kappa shape index (κ2) is 7.08. The van der Waals surface area contributed by atoms with Crippen molar-refractivity contribution in [3.63, 3.8) is 0 Å². The quantitative estimate of drug-likeness (QED) is 0.914. The molecule has 1 fully saturated rings. The lowest BCUT2D eigenvalue weighted by molar-refractivity contribution is 0.0694. The molecular weight excluding hydrogens is 272 g/mol. The van der Waals surface area contributed by atoms with Crippen LogP contribution in [0.4, 0.5) is 4.79 Å². The predicted molar refractivity (Wildman–Crippen MR) is 77.3 cm³/mol. The van der Waals surface area contributed by atoms with Gasteiger partial charge < -0.3 is 14.7 Å². The molecule has 1 aliphatic heterocycles. The molecule has 1 aromatic rings. The molecule has 2 rings (SSSR count).